The standard InChI is InChI=1S/C16H25N3O3S.HI/c1-12(8-9-23(3,20)21)19-16(17-2)18-11-14-10-13-6-4-5-7-15(13)22-14;/h4-7,12,14H,8-11H2,1-3H3,(H2,17,18,19);1H. The van der Waals surface area contributed by atoms with E-state index in [1.807, 2.05) is 25.1 Å². The fourth-order valence-electron chi connectivity index (χ4n) is 2.47. The van der Waals surface area contributed by atoms with Crippen molar-refractivity contribution >= 4 is 39.8 Å². The molecular formula is C16H26IN3O3S. The van der Waals surface area contributed by atoms with Crippen molar-refractivity contribution in [3.63, 3.8) is 0 Å². The molecule has 1 aromatic carbocycles. The topological polar surface area (TPSA) is 79.8 Å². The number of guanidine groups is 1. The Labute approximate surface area is 161 Å². The van der Waals surface area contributed by atoms with Crippen LogP contribution in [0.2, 0.25) is 0 Å². The molecule has 6 nitrogen and oxygen atoms in total. The second-order valence-corrected chi connectivity index (χ2v) is 8.23. The lowest BCUT2D eigenvalue weighted by Crippen LogP contribution is -2.45. The highest BCUT2D eigenvalue weighted by atomic mass is 127. The van der Waals surface area contributed by atoms with Gasteiger partial charge in [0, 0.05) is 25.8 Å². The molecule has 2 atom stereocenters. The lowest BCUT2D eigenvalue weighted by atomic mass is 10.1. The van der Waals surface area contributed by atoms with E-state index in [0.29, 0.717) is 18.9 Å². The SMILES string of the molecule is CN=C(NCC1Cc2ccccc2O1)NC(C)CCS(C)(=O)=O.I. The third-order valence-corrected chi connectivity index (χ3v) is 4.72. The van der Waals surface area contributed by atoms with Crippen molar-refractivity contribution in [3.05, 3.63) is 29.8 Å². The fourth-order valence-corrected chi connectivity index (χ4v) is 3.25. The van der Waals surface area contributed by atoms with Gasteiger partial charge in [0.25, 0.3) is 0 Å². The summed E-state index contributed by atoms with van der Waals surface area (Å²) < 4.78 is 28.3. The van der Waals surface area contributed by atoms with E-state index in [-0.39, 0.29) is 41.9 Å². The number of fused-ring (bicyclic) bond motifs is 1. The number of hydrogen-bond acceptors (Lipinski definition) is 4. The van der Waals surface area contributed by atoms with Crippen LogP contribution < -0.4 is 15.4 Å². The summed E-state index contributed by atoms with van der Waals surface area (Å²) in [6.45, 7) is 2.59. The number of hydrogen-bond donors (Lipinski definition) is 2. The number of benzene rings is 1. The van der Waals surface area contributed by atoms with Gasteiger partial charge in [0.15, 0.2) is 5.96 Å². The third-order valence-electron chi connectivity index (χ3n) is 3.74. The summed E-state index contributed by atoms with van der Waals surface area (Å²) in [4.78, 5) is 4.17. The molecular weight excluding hydrogens is 441 g/mol. The van der Waals surface area contributed by atoms with Crippen molar-refractivity contribution in [2.75, 3.05) is 25.6 Å². The zero-order chi connectivity index (χ0) is 16.9. The maximum atomic E-state index is 11.2. The van der Waals surface area contributed by atoms with Gasteiger partial charge in [0.2, 0.25) is 0 Å². The summed E-state index contributed by atoms with van der Waals surface area (Å²) in [5, 5.41) is 6.44. The van der Waals surface area contributed by atoms with Gasteiger partial charge in [-0.15, -0.1) is 24.0 Å². The minimum absolute atomic E-state index is 0. The molecule has 0 bridgehead atoms. The van der Waals surface area contributed by atoms with Gasteiger partial charge in [-0.2, -0.15) is 0 Å². The summed E-state index contributed by atoms with van der Waals surface area (Å²) >= 11 is 0. The first-order valence-corrected chi connectivity index (χ1v) is 9.83. The van der Waals surface area contributed by atoms with Crippen LogP contribution in [0.15, 0.2) is 29.3 Å². The van der Waals surface area contributed by atoms with Crippen molar-refractivity contribution < 1.29 is 13.2 Å². The number of halogens is 1. The second kappa shape index (κ2) is 9.45. The lowest BCUT2D eigenvalue weighted by molar-refractivity contribution is 0.234. The third kappa shape index (κ3) is 6.84. The molecule has 1 aliphatic rings. The van der Waals surface area contributed by atoms with E-state index in [9.17, 15) is 8.42 Å². The van der Waals surface area contributed by atoms with Crippen molar-refractivity contribution in [1.29, 1.82) is 0 Å². The Bertz CT molecular complexity index is 639. The molecule has 0 amide bonds. The Kier molecular flexibility index (Phi) is 8.28. The Balaban J connectivity index is 0.00000288. The highest BCUT2D eigenvalue weighted by Crippen LogP contribution is 2.27. The second-order valence-electron chi connectivity index (χ2n) is 5.97. The normalized spacial score (nSPS) is 18.1. The molecule has 2 unspecified atom stereocenters. The lowest BCUT2D eigenvalue weighted by Gasteiger charge is -2.19. The van der Waals surface area contributed by atoms with Crippen molar-refractivity contribution in [3.8, 4) is 5.75 Å². The quantitative estimate of drug-likeness (QED) is 0.378. The number of rotatable bonds is 6. The van der Waals surface area contributed by atoms with E-state index in [1.54, 1.807) is 7.05 Å². The molecule has 8 heteroatoms. The molecule has 0 spiro atoms. The van der Waals surface area contributed by atoms with Crippen molar-refractivity contribution in [2.24, 2.45) is 4.99 Å². The smallest absolute Gasteiger partial charge is 0.191 e. The van der Waals surface area contributed by atoms with Crippen LogP contribution in [0, 0.1) is 0 Å². The van der Waals surface area contributed by atoms with E-state index >= 15 is 0 Å². The van der Waals surface area contributed by atoms with Gasteiger partial charge in [0.05, 0.1) is 12.3 Å². The number of ether oxygens (including phenoxy) is 1. The summed E-state index contributed by atoms with van der Waals surface area (Å²) in [6, 6.07) is 8.07. The molecule has 2 rings (SSSR count). The molecule has 1 heterocycles. The zero-order valence-electron chi connectivity index (χ0n) is 14.3. The molecule has 2 N–H and O–H groups in total. The van der Waals surface area contributed by atoms with E-state index in [4.69, 9.17) is 4.74 Å². The Hall–Kier alpha value is -1.03. The van der Waals surface area contributed by atoms with Gasteiger partial charge >= 0.3 is 0 Å². The number of sulfone groups is 1. The van der Waals surface area contributed by atoms with Crippen LogP contribution in [0.25, 0.3) is 0 Å². The van der Waals surface area contributed by atoms with Gasteiger partial charge < -0.3 is 15.4 Å². The zero-order valence-corrected chi connectivity index (χ0v) is 17.4. The van der Waals surface area contributed by atoms with E-state index in [0.717, 1.165) is 12.2 Å². The van der Waals surface area contributed by atoms with Crippen LogP contribution in [0.5, 0.6) is 5.75 Å². The Morgan fingerprint density at radius 3 is 2.75 bits per heavy atom. The first kappa shape index (κ1) is 21.0. The highest BCUT2D eigenvalue weighted by Gasteiger charge is 2.22. The summed E-state index contributed by atoms with van der Waals surface area (Å²) in [5.74, 6) is 1.77. The first-order chi connectivity index (χ1) is 10.9. The molecule has 0 radical (unpaired) electrons. The predicted octanol–water partition coefficient (Wildman–Crippen LogP) is 1.60. The Morgan fingerprint density at radius 1 is 1.42 bits per heavy atom. The Morgan fingerprint density at radius 2 is 2.12 bits per heavy atom. The van der Waals surface area contributed by atoms with Crippen LogP contribution in [-0.4, -0.2) is 52.1 Å². The van der Waals surface area contributed by atoms with Gasteiger partial charge in [-0.3, -0.25) is 4.99 Å². The molecule has 0 saturated carbocycles. The van der Waals surface area contributed by atoms with Crippen LogP contribution in [-0.2, 0) is 16.3 Å². The van der Waals surface area contributed by atoms with E-state index in [1.165, 1.54) is 11.8 Å². The van der Waals surface area contributed by atoms with Crippen LogP contribution in [0.3, 0.4) is 0 Å². The van der Waals surface area contributed by atoms with E-state index < -0.39 is 9.84 Å². The minimum Gasteiger partial charge on any atom is -0.488 e. The first-order valence-electron chi connectivity index (χ1n) is 7.77. The average molecular weight is 467 g/mol. The molecule has 136 valence electrons. The van der Waals surface area contributed by atoms with Gasteiger partial charge in [-0.05, 0) is 25.0 Å². The van der Waals surface area contributed by atoms with Crippen LogP contribution >= 0.6 is 24.0 Å². The predicted molar refractivity (Wildman–Crippen MR) is 108 cm³/mol. The monoisotopic (exact) mass is 467 g/mol. The van der Waals surface area contributed by atoms with Crippen molar-refractivity contribution in [2.45, 2.75) is 31.9 Å². The van der Waals surface area contributed by atoms with Gasteiger partial charge in [0.1, 0.15) is 21.7 Å². The average Bonchev–Trinajstić information content (AvgIpc) is 2.91. The number of para-hydroxylation sites is 1. The number of nitrogens with one attached hydrogen (secondary N) is 2. The summed E-state index contributed by atoms with van der Waals surface area (Å²) in [7, 11) is -1.24. The summed E-state index contributed by atoms with van der Waals surface area (Å²) in [5.41, 5.74) is 1.23. The molecule has 24 heavy (non-hydrogen) atoms. The molecule has 1 aliphatic heterocycles. The molecule has 0 fully saturated rings. The maximum Gasteiger partial charge on any atom is 0.191 e. The van der Waals surface area contributed by atoms with Gasteiger partial charge in [-0.25, -0.2) is 8.42 Å². The molecule has 1 aromatic rings. The number of aliphatic imine (C=N–C) groups is 1. The molecule has 0 aliphatic carbocycles. The fraction of sp³-hybridized carbons (Fsp3) is 0.562. The molecule has 0 saturated heterocycles. The summed E-state index contributed by atoms with van der Waals surface area (Å²) in [6.07, 6.45) is 2.76. The van der Waals surface area contributed by atoms with E-state index in [2.05, 4.69) is 21.7 Å². The number of nitrogens with zero attached hydrogens (tertiary/aromatic N) is 1. The van der Waals surface area contributed by atoms with Gasteiger partial charge in [-0.1, -0.05) is 18.2 Å². The highest BCUT2D eigenvalue weighted by molar-refractivity contribution is 14.0. The largest absolute Gasteiger partial charge is 0.488 e. The molecule has 0 aromatic heterocycles. The van der Waals surface area contributed by atoms with Crippen molar-refractivity contribution in [1.82, 2.24) is 10.6 Å². The maximum absolute atomic E-state index is 11.2. The minimum atomic E-state index is -2.94. The van der Waals surface area contributed by atoms with Crippen LogP contribution in [0.1, 0.15) is 18.9 Å². The van der Waals surface area contributed by atoms with Crippen LogP contribution in [0.4, 0.5) is 0 Å².